The number of benzene rings is 1. The van der Waals surface area contributed by atoms with E-state index in [1.165, 1.54) is 7.11 Å². The fourth-order valence-corrected chi connectivity index (χ4v) is 2.53. The molecule has 0 atom stereocenters. The molecule has 8 nitrogen and oxygen atoms in total. The summed E-state index contributed by atoms with van der Waals surface area (Å²) in [7, 11) is 1.54. The molecule has 0 aliphatic carbocycles. The van der Waals surface area contributed by atoms with Crippen LogP contribution in [0.5, 0.6) is 5.75 Å². The molecule has 1 aromatic carbocycles. The van der Waals surface area contributed by atoms with Gasteiger partial charge in [-0.1, -0.05) is 16.8 Å². The molecule has 0 unspecified atom stereocenters. The van der Waals surface area contributed by atoms with Crippen molar-refractivity contribution in [2.75, 3.05) is 19.0 Å². The highest BCUT2D eigenvalue weighted by Gasteiger charge is 2.23. The van der Waals surface area contributed by atoms with Crippen LogP contribution < -0.4 is 10.1 Å². The number of hydrogen-bond acceptors (Lipinski definition) is 8. The summed E-state index contributed by atoms with van der Waals surface area (Å²) in [6.07, 6.45) is 0. The molecule has 0 bridgehead atoms. The van der Waals surface area contributed by atoms with Gasteiger partial charge in [0, 0.05) is 5.69 Å². The van der Waals surface area contributed by atoms with Crippen LogP contribution in [-0.4, -0.2) is 34.8 Å². The lowest BCUT2D eigenvalue weighted by Crippen LogP contribution is -2.07. The minimum Gasteiger partial charge on any atom is -0.495 e. The van der Waals surface area contributed by atoms with E-state index in [1.54, 1.807) is 32.0 Å². The molecule has 2 heterocycles. The summed E-state index contributed by atoms with van der Waals surface area (Å²) in [6.45, 7) is 3.63. The van der Waals surface area contributed by atoms with Crippen LogP contribution in [0.2, 0.25) is 5.02 Å². The van der Waals surface area contributed by atoms with Gasteiger partial charge >= 0.3 is 5.97 Å². The number of hydrogen-bond donors (Lipinski definition) is 1. The quantitative estimate of drug-likeness (QED) is 0.688. The standard InChI is InChI=1S/C16H15ClN4O4/c1-4-24-16(22)13-12-14(18-8(2)19-15(12)25-21-13)20-9-5-6-11(23-3)10(17)7-9/h5-7H,4H2,1-3H3,(H,18,19,20). The molecular formula is C16H15ClN4O4. The Morgan fingerprint density at radius 3 is 2.84 bits per heavy atom. The average molecular weight is 363 g/mol. The monoisotopic (exact) mass is 362 g/mol. The Kier molecular flexibility index (Phi) is 4.71. The van der Waals surface area contributed by atoms with Gasteiger partial charge in [-0.05, 0) is 32.0 Å². The van der Waals surface area contributed by atoms with Crippen molar-refractivity contribution in [1.29, 1.82) is 0 Å². The average Bonchev–Trinajstić information content (AvgIpc) is 2.99. The highest BCUT2D eigenvalue weighted by Crippen LogP contribution is 2.31. The first-order chi connectivity index (χ1) is 12.0. The summed E-state index contributed by atoms with van der Waals surface area (Å²) < 4.78 is 15.3. The van der Waals surface area contributed by atoms with E-state index in [0.29, 0.717) is 33.5 Å². The molecule has 0 saturated carbocycles. The highest BCUT2D eigenvalue weighted by molar-refractivity contribution is 6.32. The van der Waals surface area contributed by atoms with Gasteiger partial charge in [0.1, 0.15) is 22.8 Å². The number of aryl methyl sites for hydroxylation is 1. The predicted octanol–water partition coefficient (Wildman–Crippen LogP) is 3.51. The molecule has 0 amide bonds. The van der Waals surface area contributed by atoms with Crippen LogP contribution in [0.25, 0.3) is 11.1 Å². The van der Waals surface area contributed by atoms with Crippen molar-refractivity contribution < 1.29 is 18.8 Å². The molecule has 2 aromatic heterocycles. The molecular weight excluding hydrogens is 348 g/mol. The van der Waals surface area contributed by atoms with Crippen LogP contribution in [-0.2, 0) is 4.74 Å². The number of esters is 1. The minimum absolute atomic E-state index is 0.0129. The number of ether oxygens (including phenoxy) is 2. The lowest BCUT2D eigenvalue weighted by molar-refractivity contribution is 0.0517. The van der Waals surface area contributed by atoms with E-state index in [9.17, 15) is 4.79 Å². The Hall–Kier alpha value is -2.87. The Bertz CT molecular complexity index is 941. The third kappa shape index (κ3) is 3.34. The Morgan fingerprint density at radius 1 is 1.36 bits per heavy atom. The fourth-order valence-electron chi connectivity index (χ4n) is 2.27. The van der Waals surface area contributed by atoms with Gasteiger partial charge in [-0.2, -0.15) is 4.98 Å². The highest BCUT2D eigenvalue weighted by atomic mass is 35.5. The number of rotatable bonds is 5. The van der Waals surface area contributed by atoms with Crippen LogP contribution in [0.1, 0.15) is 23.2 Å². The van der Waals surface area contributed by atoms with Crippen molar-refractivity contribution in [3.8, 4) is 5.75 Å². The zero-order chi connectivity index (χ0) is 18.0. The van der Waals surface area contributed by atoms with Crippen molar-refractivity contribution in [1.82, 2.24) is 15.1 Å². The van der Waals surface area contributed by atoms with E-state index in [4.69, 9.17) is 25.6 Å². The fraction of sp³-hybridized carbons (Fsp3) is 0.250. The molecule has 0 fully saturated rings. The number of methoxy groups -OCH3 is 1. The molecule has 0 saturated heterocycles. The molecule has 0 spiro atoms. The van der Waals surface area contributed by atoms with Crippen LogP contribution in [0.3, 0.4) is 0 Å². The van der Waals surface area contributed by atoms with Crippen molar-refractivity contribution >= 4 is 40.2 Å². The summed E-state index contributed by atoms with van der Waals surface area (Å²) >= 11 is 6.14. The topological polar surface area (TPSA) is 99.4 Å². The zero-order valence-corrected chi connectivity index (χ0v) is 14.5. The van der Waals surface area contributed by atoms with Crippen molar-refractivity contribution in [2.24, 2.45) is 0 Å². The number of anilines is 2. The van der Waals surface area contributed by atoms with Gasteiger partial charge in [0.05, 0.1) is 18.7 Å². The normalized spacial score (nSPS) is 10.7. The number of nitrogens with zero attached hydrogens (tertiary/aromatic N) is 3. The predicted molar refractivity (Wildman–Crippen MR) is 91.6 cm³/mol. The zero-order valence-electron chi connectivity index (χ0n) is 13.8. The summed E-state index contributed by atoms with van der Waals surface area (Å²) in [5.74, 6) is 0.771. The maximum absolute atomic E-state index is 12.1. The van der Waals surface area contributed by atoms with Crippen molar-refractivity contribution in [3.05, 3.63) is 34.7 Å². The van der Waals surface area contributed by atoms with Crippen LogP contribution in [0, 0.1) is 6.92 Å². The van der Waals surface area contributed by atoms with Crippen LogP contribution >= 0.6 is 11.6 Å². The molecule has 0 radical (unpaired) electrons. The number of nitrogens with one attached hydrogen (secondary N) is 1. The van der Waals surface area contributed by atoms with Gasteiger partial charge in [-0.3, -0.25) is 0 Å². The first-order valence-electron chi connectivity index (χ1n) is 7.45. The van der Waals surface area contributed by atoms with Crippen LogP contribution in [0.4, 0.5) is 11.5 Å². The molecule has 9 heteroatoms. The molecule has 130 valence electrons. The van der Waals surface area contributed by atoms with Gasteiger partial charge in [0.2, 0.25) is 5.69 Å². The van der Waals surface area contributed by atoms with E-state index in [1.807, 2.05) is 0 Å². The summed E-state index contributed by atoms with van der Waals surface area (Å²) in [4.78, 5) is 20.6. The van der Waals surface area contributed by atoms with Crippen molar-refractivity contribution in [2.45, 2.75) is 13.8 Å². The molecule has 25 heavy (non-hydrogen) atoms. The van der Waals surface area contributed by atoms with Crippen LogP contribution in [0.15, 0.2) is 22.7 Å². The Morgan fingerprint density at radius 2 is 2.16 bits per heavy atom. The second-order valence-corrected chi connectivity index (χ2v) is 5.43. The summed E-state index contributed by atoms with van der Waals surface area (Å²) in [6, 6.07) is 5.17. The molecule has 0 aliphatic rings. The first kappa shape index (κ1) is 17.0. The number of carbonyl (C=O) groups is 1. The van der Waals surface area contributed by atoms with Gasteiger partial charge in [0.25, 0.3) is 5.71 Å². The van der Waals surface area contributed by atoms with Gasteiger partial charge in [-0.15, -0.1) is 0 Å². The maximum atomic E-state index is 12.1. The number of carbonyl (C=O) groups excluding carboxylic acids is 1. The molecule has 3 rings (SSSR count). The lowest BCUT2D eigenvalue weighted by Gasteiger charge is -2.09. The van der Waals surface area contributed by atoms with Gasteiger partial charge < -0.3 is 19.3 Å². The van der Waals surface area contributed by atoms with E-state index < -0.39 is 5.97 Å². The number of halogens is 1. The number of aromatic nitrogens is 3. The third-order valence-corrected chi connectivity index (χ3v) is 3.63. The van der Waals surface area contributed by atoms with E-state index >= 15 is 0 Å². The summed E-state index contributed by atoms with van der Waals surface area (Å²) in [5.41, 5.74) is 0.859. The van der Waals surface area contributed by atoms with Crippen molar-refractivity contribution in [3.63, 3.8) is 0 Å². The van der Waals surface area contributed by atoms with E-state index in [2.05, 4.69) is 20.4 Å². The van der Waals surface area contributed by atoms with E-state index in [-0.39, 0.29) is 18.0 Å². The van der Waals surface area contributed by atoms with Gasteiger partial charge in [0.15, 0.2) is 0 Å². The molecule has 3 aromatic rings. The molecule has 1 N–H and O–H groups in total. The number of fused-ring (bicyclic) bond motifs is 1. The van der Waals surface area contributed by atoms with Gasteiger partial charge in [-0.25, -0.2) is 9.78 Å². The second kappa shape index (κ2) is 6.94. The second-order valence-electron chi connectivity index (χ2n) is 5.03. The first-order valence-corrected chi connectivity index (χ1v) is 7.83. The SMILES string of the molecule is CCOC(=O)c1noc2nc(C)nc(Nc3ccc(OC)c(Cl)c3)c12. The minimum atomic E-state index is -0.607. The molecule has 0 aliphatic heterocycles. The smallest absolute Gasteiger partial charge is 0.361 e. The lowest BCUT2D eigenvalue weighted by atomic mass is 10.2. The Balaban J connectivity index is 2.07. The third-order valence-electron chi connectivity index (χ3n) is 3.33. The Labute approximate surface area is 148 Å². The largest absolute Gasteiger partial charge is 0.495 e. The maximum Gasteiger partial charge on any atom is 0.361 e. The van der Waals surface area contributed by atoms with E-state index in [0.717, 1.165) is 0 Å². The summed E-state index contributed by atoms with van der Waals surface area (Å²) in [5, 5.41) is 7.65.